The minimum atomic E-state index is -0.365. The lowest BCUT2D eigenvalue weighted by molar-refractivity contribution is -0.111. The third-order valence-corrected chi connectivity index (χ3v) is 5.48. The Hall–Kier alpha value is -3.11. The van der Waals surface area contributed by atoms with E-state index in [1.807, 2.05) is 26.0 Å². The molecule has 0 aliphatic carbocycles. The number of thiophene rings is 1. The number of hydrogen-bond acceptors (Lipinski definition) is 5. The highest BCUT2D eigenvalue weighted by Crippen LogP contribution is 2.33. The van der Waals surface area contributed by atoms with Crippen LogP contribution in [0.4, 0.5) is 5.00 Å². The fourth-order valence-corrected chi connectivity index (χ4v) is 3.76. The predicted octanol–water partition coefficient (Wildman–Crippen LogP) is 4.07. The number of carbonyl (C=O) groups excluding carboxylic acids is 2. The maximum atomic E-state index is 12.6. The summed E-state index contributed by atoms with van der Waals surface area (Å²) in [7, 11) is 1.59. The SMILES string of the molecule is CCN(CC)C(=O)c1sc(NC(=O)C=Cc2ccc(OC)cc2)c(C#N)c1C. The Morgan fingerprint density at radius 1 is 1.25 bits per heavy atom. The molecule has 7 heteroatoms. The summed E-state index contributed by atoms with van der Waals surface area (Å²) in [6.07, 6.45) is 3.06. The van der Waals surface area contributed by atoms with Gasteiger partial charge < -0.3 is 15.0 Å². The van der Waals surface area contributed by atoms with Gasteiger partial charge in [0.1, 0.15) is 16.8 Å². The molecule has 0 spiro atoms. The molecule has 2 amide bonds. The summed E-state index contributed by atoms with van der Waals surface area (Å²) in [5.41, 5.74) is 1.77. The molecule has 2 aromatic rings. The fraction of sp³-hybridized carbons (Fsp3) is 0.286. The van der Waals surface area contributed by atoms with Crippen LogP contribution in [-0.4, -0.2) is 36.9 Å². The van der Waals surface area contributed by atoms with E-state index in [1.54, 1.807) is 37.1 Å². The standard InChI is InChI=1S/C21H23N3O3S/c1-5-24(6-2)21(26)19-14(3)17(13-22)20(28-19)23-18(25)12-9-15-7-10-16(27-4)11-8-15/h7-12H,5-6H2,1-4H3,(H,23,25). The zero-order valence-corrected chi connectivity index (χ0v) is 17.2. The molecule has 1 aromatic heterocycles. The smallest absolute Gasteiger partial charge is 0.264 e. The first-order valence-electron chi connectivity index (χ1n) is 8.90. The van der Waals surface area contributed by atoms with Crippen molar-refractivity contribution in [3.63, 3.8) is 0 Å². The zero-order valence-electron chi connectivity index (χ0n) is 16.4. The van der Waals surface area contributed by atoms with E-state index in [2.05, 4.69) is 11.4 Å². The summed E-state index contributed by atoms with van der Waals surface area (Å²) >= 11 is 1.14. The van der Waals surface area contributed by atoms with Crippen molar-refractivity contribution in [2.75, 3.05) is 25.5 Å². The van der Waals surface area contributed by atoms with Crippen LogP contribution in [0.15, 0.2) is 30.3 Å². The summed E-state index contributed by atoms with van der Waals surface area (Å²) in [5.74, 6) is 0.244. The molecule has 146 valence electrons. The number of ether oxygens (including phenoxy) is 1. The van der Waals surface area contributed by atoms with Crippen LogP contribution < -0.4 is 10.1 Å². The Morgan fingerprint density at radius 2 is 1.89 bits per heavy atom. The van der Waals surface area contributed by atoms with Crippen molar-refractivity contribution in [2.45, 2.75) is 20.8 Å². The van der Waals surface area contributed by atoms with Gasteiger partial charge in [0.15, 0.2) is 0 Å². The summed E-state index contributed by atoms with van der Waals surface area (Å²) in [6.45, 7) is 6.71. The van der Waals surface area contributed by atoms with Gasteiger partial charge in [0, 0.05) is 19.2 Å². The van der Waals surface area contributed by atoms with Crippen LogP contribution in [0.5, 0.6) is 5.75 Å². The molecule has 0 saturated carbocycles. The quantitative estimate of drug-likeness (QED) is 0.714. The number of carbonyl (C=O) groups is 2. The van der Waals surface area contributed by atoms with Gasteiger partial charge in [0.2, 0.25) is 5.91 Å². The lowest BCUT2D eigenvalue weighted by Gasteiger charge is -2.17. The molecule has 28 heavy (non-hydrogen) atoms. The predicted molar refractivity (Wildman–Crippen MR) is 112 cm³/mol. The lowest BCUT2D eigenvalue weighted by Crippen LogP contribution is -2.30. The van der Waals surface area contributed by atoms with Gasteiger partial charge in [-0.05, 0) is 50.1 Å². The van der Waals surface area contributed by atoms with Gasteiger partial charge in [0.05, 0.1) is 17.6 Å². The number of anilines is 1. The summed E-state index contributed by atoms with van der Waals surface area (Å²) in [4.78, 5) is 27.1. The number of rotatable bonds is 7. The highest BCUT2D eigenvalue weighted by atomic mass is 32.1. The largest absolute Gasteiger partial charge is 0.497 e. The maximum absolute atomic E-state index is 12.6. The topological polar surface area (TPSA) is 82.4 Å². The third-order valence-electron chi connectivity index (χ3n) is 4.28. The van der Waals surface area contributed by atoms with E-state index >= 15 is 0 Å². The first-order chi connectivity index (χ1) is 13.4. The molecule has 0 saturated heterocycles. The molecule has 1 aromatic carbocycles. The van der Waals surface area contributed by atoms with Gasteiger partial charge in [-0.25, -0.2) is 0 Å². The van der Waals surface area contributed by atoms with Gasteiger partial charge in [-0.3, -0.25) is 9.59 Å². The van der Waals surface area contributed by atoms with Crippen LogP contribution in [0.25, 0.3) is 6.08 Å². The third kappa shape index (κ3) is 4.78. The van der Waals surface area contributed by atoms with Crippen molar-refractivity contribution >= 4 is 34.2 Å². The van der Waals surface area contributed by atoms with Crippen molar-refractivity contribution in [1.29, 1.82) is 5.26 Å². The number of nitriles is 1. The summed E-state index contributed by atoms with van der Waals surface area (Å²) in [6, 6.07) is 9.37. The molecule has 0 unspecified atom stereocenters. The number of hydrogen-bond donors (Lipinski definition) is 1. The molecular weight excluding hydrogens is 374 g/mol. The number of methoxy groups -OCH3 is 1. The maximum Gasteiger partial charge on any atom is 0.264 e. The van der Waals surface area contributed by atoms with Crippen LogP contribution in [0, 0.1) is 18.3 Å². The molecule has 0 radical (unpaired) electrons. The second kappa shape index (κ2) is 9.72. The second-order valence-electron chi connectivity index (χ2n) is 5.95. The van der Waals surface area contributed by atoms with Crippen molar-refractivity contribution < 1.29 is 14.3 Å². The molecule has 6 nitrogen and oxygen atoms in total. The normalized spacial score (nSPS) is 10.5. The molecule has 1 N–H and O–H groups in total. The van der Waals surface area contributed by atoms with E-state index < -0.39 is 0 Å². The van der Waals surface area contributed by atoms with Crippen LogP contribution in [0.3, 0.4) is 0 Å². The molecule has 0 aliphatic rings. The Balaban J connectivity index is 2.19. The van der Waals surface area contributed by atoms with Crippen LogP contribution in [0.1, 0.15) is 40.2 Å². The highest BCUT2D eigenvalue weighted by Gasteiger charge is 2.23. The number of nitrogens with one attached hydrogen (secondary N) is 1. The van der Waals surface area contributed by atoms with E-state index in [0.717, 1.165) is 22.6 Å². The number of nitrogens with zero attached hydrogens (tertiary/aromatic N) is 2. The van der Waals surface area contributed by atoms with Crippen LogP contribution >= 0.6 is 11.3 Å². The van der Waals surface area contributed by atoms with Gasteiger partial charge in [-0.15, -0.1) is 11.3 Å². The average molecular weight is 398 g/mol. The zero-order chi connectivity index (χ0) is 20.7. The van der Waals surface area contributed by atoms with Gasteiger partial charge in [-0.1, -0.05) is 12.1 Å². The first kappa shape index (κ1) is 21.2. The summed E-state index contributed by atoms with van der Waals surface area (Å²) in [5, 5.41) is 12.6. The average Bonchev–Trinajstić information content (AvgIpc) is 3.02. The van der Waals surface area contributed by atoms with Gasteiger partial charge in [-0.2, -0.15) is 5.26 Å². The number of benzene rings is 1. The van der Waals surface area contributed by atoms with E-state index in [0.29, 0.717) is 34.1 Å². The monoisotopic (exact) mass is 397 g/mol. The van der Waals surface area contributed by atoms with E-state index in [4.69, 9.17) is 4.74 Å². The molecule has 1 heterocycles. The van der Waals surface area contributed by atoms with Crippen LogP contribution in [0.2, 0.25) is 0 Å². The minimum Gasteiger partial charge on any atom is -0.497 e. The summed E-state index contributed by atoms with van der Waals surface area (Å²) < 4.78 is 5.10. The Bertz CT molecular complexity index is 920. The molecule has 0 aliphatic heterocycles. The van der Waals surface area contributed by atoms with Crippen LogP contribution in [-0.2, 0) is 4.79 Å². The molecule has 2 rings (SSSR count). The van der Waals surface area contributed by atoms with Crippen molar-refractivity contribution in [3.8, 4) is 11.8 Å². The van der Waals surface area contributed by atoms with Crippen molar-refractivity contribution in [3.05, 3.63) is 51.9 Å². The number of amides is 2. The minimum absolute atomic E-state index is 0.127. The Kier molecular flexibility index (Phi) is 7.36. The van der Waals surface area contributed by atoms with E-state index in [9.17, 15) is 14.9 Å². The molecule has 0 bridgehead atoms. The van der Waals surface area contributed by atoms with Gasteiger partial charge in [0.25, 0.3) is 5.91 Å². The Labute approximate surface area is 169 Å². The highest BCUT2D eigenvalue weighted by molar-refractivity contribution is 7.18. The fourth-order valence-electron chi connectivity index (χ4n) is 2.64. The van der Waals surface area contributed by atoms with Crippen molar-refractivity contribution in [1.82, 2.24) is 4.90 Å². The molecule has 0 fully saturated rings. The van der Waals surface area contributed by atoms with Gasteiger partial charge >= 0.3 is 0 Å². The lowest BCUT2D eigenvalue weighted by atomic mass is 10.1. The molecular formula is C21H23N3O3S. The second-order valence-corrected chi connectivity index (χ2v) is 6.97. The van der Waals surface area contributed by atoms with Crippen molar-refractivity contribution in [2.24, 2.45) is 0 Å². The van der Waals surface area contributed by atoms with E-state index in [1.165, 1.54) is 6.08 Å². The Morgan fingerprint density at radius 3 is 2.43 bits per heavy atom. The van der Waals surface area contributed by atoms with E-state index in [-0.39, 0.29) is 11.8 Å². The first-order valence-corrected chi connectivity index (χ1v) is 9.72. The molecule has 0 atom stereocenters.